The van der Waals surface area contributed by atoms with E-state index in [0.29, 0.717) is 6.54 Å². The maximum Gasteiger partial charge on any atom is 0.242 e. The van der Waals surface area contributed by atoms with E-state index in [-0.39, 0.29) is 18.5 Å². The molecule has 5 rings (SSSR count). The zero-order valence-electron chi connectivity index (χ0n) is 18.2. The number of hydrogen-bond acceptors (Lipinski definition) is 6. The number of fused-ring (bicyclic) bond motifs is 1. The highest BCUT2D eigenvalue weighted by Crippen LogP contribution is 2.19. The number of aromatic nitrogens is 4. The van der Waals surface area contributed by atoms with Gasteiger partial charge in [-0.15, -0.1) is 5.10 Å². The van der Waals surface area contributed by atoms with Crippen molar-refractivity contribution in [1.82, 2.24) is 35.3 Å². The highest BCUT2D eigenvalue weighted by Gasteiger charge is 2.25. The molecule has 1 aromatic heterocycles. The highest BCUT2D eigenvalue weighted by atomic mass is 16.2. The number of amides is 1. The Kier molecular flexibility index (Phi) is 6.22. The fraction of sp³-hybridized carbons (Fsp3) is 0.417. The summed E-state index contributed by atoms with van der Waals surface area (Å²) in [6.45, 7) is 5.43. The zero-order valence-corrected chi connectivity index (χ0v) is 18.2. The predicted molar refractivity (Wildman–Crippen MR) is 120 cm³/mol. The van der Waals surface area contributed by atoms with Crippen LogP contribution in [0.2, 0.25) is 0 Å². The van der Waals surface area contributed by atoms with Crippen LogP contribution in [0.15, 0.2) is 54.6 Å². The number of tetrazole rings is 1. The first kappa shape index (κ1) is 20.8. The fourth-order valence-corrected chi connectivity index (χ4v) is 4.69. The van der Waals surface area contributed by atoms with Gasteiger partial charge in [0.05, 0.1) is 6.54 Å². The summed E-state index contributed by atoms with van der Waals surface area (Å²) in [5.74, 6) is 0.700. The van der Waals surface area contributed by atoms with Gasteiger partial charge in [0.25, 0.3) is 0 Å². The smallest absolute Gasteiger partial charge is 0.242 e. The van der Waals surface area contributed by atoms with Crippen molar-refractivity contribution in [2.75, 3.05) is 19.6 Å². The summed E-state index contributed by atoms with van der Waals surface area (Å²) in [6, 6.07) is 19.2. The number of carbonyl (C=O) groups is 1. The van der Waals surface area contributed by atoms with Gasteiger partial charge in [0.1, 0.15) is 6.54 Å². The van der Waals surface area contributed by atoms with E-state index in [4.69, 9.17) is 0 Å². The minimum Gasteiger partial charge on any atom is -0.350 e. The Labute approximate surface area is 188 Å². The molecule has 8 nitrogen and oxygen atoms in total. The summed E-state index contributed by atoms with van der Waals surface area (Å²) in [5.41, 5.74) is 4.08. The van der Waals surface area contributed by atoms with E-state index in [9.17, 15) is 4.79 Å². The first-order chi connectivity index (χ1) is 15.7. The minimum atomic E-state index is -0.0332. The van der Waals surface area contributed by atoms with Crippen molar-refractivity contribution in [3.8, 4) is 0 Å². The lowest BCUT2D eigenvalue weighted by Gasteiger charge is -2.28. The van der Waals surface area contributed by atoms with Gasteiger partial charge < -0.3 is 5.32 Å². The van der Waals surface area contributed by atoms with Crippen molar-refractivity contribution in [3.63, 3.8) is 0 Å². The number of nitrogens with zero attached hydrogens (tertiary/aromatic N) is 6. The van der Waals surface area contributed by atoms with Crippen LogP contribution in [-0.2, 0) is 37.4 Å². The Morgan fingerprint density at radius 3 is 2.66 bits per heavy atom. The van der Waals surface area contributed by atoms with Crippen molar-refractivity contribution < 1.29 is 4.79 Å². The van der Waals surface area contributed by atoms with Gasteiger partial charge in [-0.2, -0.15) is 0 Å². The number of nitrogens with one attached hydrogen (secondary N) is 1. The maximum atomic E-state index is 12.7. The Hall–Kier alpha value is -3.10. The third-order valence-electron chi connectivity index (χ3n) is 6.36. The van der Waals surface area contributed by atoms with Crippen molar-refractivity contribution in [1.29, 1.82) is 0 Å². The molecule has 1 fully saturated rings. The van der Waals surface area contributed by atoms with Crippen LogP contribution in [0, 0.1) is 0 Å². The molecule has 2 aliphatic rings. The molecule has 32 heavy (non-hydrogen) atoms. The standard InChI is InChI=1S/C24H29N7O/c32-24(25-22-11-13-29(16-22)14-19-6-2-1-3-7-19)18-31-23(26-27-28-31)17-30-12-10-20-8-4-5-9-21(20)15-30/h1-9,22H,10-18H2,(H,25,32)/t22-/m1/s1. The lowest BCUT2D eigenvalue weighted by Crippen LogP contribution is -2.39. The third-order valence-corrected chi connectivity index (χ3v) is 6.36. The number of likely N-dealkylation sites (tertiary alicyclic amines) is 1. The largest absolute Gasteiger partial charge is 0.350 e. The molecular formula is C24H29N7O. The molecule has 0 unspecified atom stereocenters. The molecule has 1 amide bonds. The summed E-state index contributed by atoms with van der Waals surface area (Å²) in [5, 5.41) is 15.2. The molecule has 166 valence electrons. The molecular weight excluding hydrogens is 402 g/mol. The van der Waals surface area contributed by atoms with Gasteiger partial charge in [-0.1, -0.05) is 54.6 Å². The average Bonchev–Trinajstić information content (AvgIpc) is 3.43. The van der Waals surface area contributed by atoms with Crippen molar-refractivity contribution >= 4 is 5.91 Å². The van der Waals surface area contributed by atoms with Gasteiger partial charge in [0.2, 0.25) is 5.91 Å². The average molecular weight is 432 g/mol. The van der Waals surface area contributed by atoms with Crippen LogP contribution in [0.25, 0.3) is 0 Å². The van der Waals surface area contributed by atoms with Gasteiger partial charge in [0.15, 0.2) is 5.82 Å². The second-order valence-corrected chi connectivity index (χ2v) is 8.76. The van der Waals surface area contributed by atoms with E-state index in [1.165, 1.54) is 16.7 Å². The molecule has 3 aromatic rings. The maximum absolute atomic E-state index is 12.7. The van der Waals surface area contributed by atoms with E-state index in [1.807, 2.05) is 6.07 Å². The van der Waals surface area contributed by atoms with Crippen LogP contribution in [0.5, 0.6) is 0 Å². The second-order valence-electron chi connectivity index (χ2n) is 8.76. The molecule has 3 heterocycles. The molecule has 2 aliphatic heterocycles. The monoisotopic (exact) mass is 431 g/mol. The lowest BCUT2D eigenvalue weighted by molar-refractivity contribution is -0.122. The van der Waals surface area contributed by atoms with Crippen molar-refractivity contribution in [3.05, 3.63) is 77.1 Å². The molecule has 0 spiro atoms. The first-order valence-electron chi connectivity index (χ1n) is 11.3. The topological polar surface area (TPSA) is 79.2 Å². The molecule has 0 aliphatic carbocycles. The van der Waals surface area contributed by atoms with Gasteiger partial charge in [-0.25, -0.2) is 4.68 Å². The van der Waals surface area contributed by atoms with Crippen molar-refractivity contribution in [2.24, 2.45) is 0 Å². The summed E-state index contributed by atoms with van der Waals surface area (Å²) in [7, 11) is 0. The highest BCUT2D eigenvalue weighted by molar-refractivity contribution is 5.76. The third kappa shape index (κ3) is 5.03. The van der Waals surface area contributed by atoms with Gasteiger partial charge in [-0.3, -0.25) is 14.6 Å². The van der Waals surface area contributed by atoms with Crippen molar-refractivity contribution in [2.45, 2.75) is 45.1 Å². The normalized spacial score (nSPS) is 19.1. The zero-order chi connectivity index (χ0) is 21.8. The Bertz CT molecular complexity index is 1050. The fourth-order valence-electron chi connectivity index (χ4n) is 4.69. The Morgan fingerprint density at radius 1 is 0.969 bits per heavy atom. The van der Waals surface area contributed by atoms with Crippen LogP contribution < -0.4 is 5.32 Å². The Morgan fingerprint density at radius 2 is 1.78 bits per heavy atom. The number of benzene rings is 2. The van der Waals surface area contributed by atoms with Crippen LogP contribution in [0.3, 0.4) is 0 Å². The van der Waals surface area contributed by atoms with Gasteiger partial charge >= 0.3 is 0 Å². The predicted octanol–water partition coefficient (Wildman–Crippen LogP) is 1.62. The molecule has 0 saturated carbocycles. The number of carbonyl (C=O) groups excluding carboxylic acids is 1. The van der Waals surface area contributed by atoms with Crippen LogP contribution in [0.1, 0.15) is 28.9 Å². The molecule has 1 N–H and O–H groups in total. The molecule has 2 aromatic carbocycles. The van der Waals surface area contributed by atoms with E-state index >= 15 is 0 Å². The molecule has 8 heteroatoms. The van der Waals surface area contributed by atoms with Gasteiger partial charge in [0, 0.05) is 38.8 Å². The summed E-state index contributed by atoms with van der Waals surface area (Å²) >= 11 is 0. The quantitative estimate of drug-likeness (QED) is 0.613. The van der Waals surface area contributed by atoms with Crippen LogP contribution in [0.4, 0.5) is 0 Å². The lowest BCUT2D eigenvalue weighted by atomic mass is 10.00. The first-order valence-corrected chi connectivity index (χ1v) is 11.3. The molecule has 0 bridgehead atoms. The molecule has 1 atom stereocenters. The second kappa shape index (κ2) is 9.58. The van der Waals surface area contributed by atoms with E-state index < -0.39 is 0 Å². The molecule has 0 radical (unpaired) electrons. The van der Waals surface area contributed by atoms with Crippen LogP contribution >= 0.6 is 0 Å². The summed E-state index contributed by atoms with van der Waals surface area (Å²) < 4.78 is 1.63. The van der Waals surface area contributed by atoms with E-state index in [2.05, 4.69) is 79.2 Å². The summed E-state index contributed by atoms with van der Waals surface area (Å²) in [6.07, 6.45) is 1.99. The van der Waals surface area contributed by atoms with Crippen LogP contribution in [-0.4, -0.2) is 61.6 Å². The van der Waals surface area contributed by atoms with E-state index in [0.717, 1.165) is 51.4 Å². The number of hydrogen-bond donors (Lipinski definition) is 1. The number of rotatable bonds is 7. The minimum absolute atomic E-state index is 0.0332. The molecule has 1 saturated heterocycles. The Balaban J connectivity index is 1.12. The van der Waals surface area contributed by atoms with Gasteiger partial charge in [-0.05, 0) is 40.0 Å². The van der Waals surface area contributed by atoms with E-state index in [1.54, 1.807) is 4.68 Å². The SMILES string of the molecule is O=C(Cn1nnnc1CN1CCc2ccccc2C1)N[C@@H]1CCN(Cc2ccccc2)C1. The summed E-state index contributed by atoms with van der Waals surface area (Å²) in [4.78, 5) is 17.4.